The van der Waals surface area contributed by atoms with Crippen molar-refractivity contribution in [2.24, 2.45) is 5.73 Å². The van der Waals surface area contributed by atoms with E-state index in [9.17, 15) is 13.2 Å². The average molecular weight is 351 g/mol. The first kappa shape index (κ1) is 19.4. The molecule has 2 rings (SSSR count). The van der Waals surface area contributed by atoms with E-state index in [-0.39, 0.29) is 25.0 Å². The standard InChI is InChI=1S/C14H17F3N4O.ClH/c1-9(10-4-3-5-11(6-10)14(15,16)17)21(2)8-12-19-13(7-18)22-20-12;/h3-6,9H,7-8,18H2,1-2H3;1H. The van der Waals surface area contributed by atoms with E-state index in [1.54, 1.807) is 13.1 Å². The SMILES string of the molecule is CC(c1cccc(C(F)(F)F)c1)N(C)Cc1noc(CN)n1.Cl. The molecule has 9 heteroatoms. The van der Waals surface area contributed by atoms with Crippen LogP contribution in [-0.2, 0) is 19.3 Å². The second-order valence-electron chi connectivity index (χ2n) is 5.02. The molecule has 1 atom stereocenters. The lowest BCUT2D eigenvalue weighted by Gasteiger charge is -2.24. The van der Waals surface area contributed by atoms with Crippen molar-refractivity contribution in [2.45, 2.75) is 32.2 Å². The molecule has 1 aromatic heterocycles. The fraction of sp³-hybridized carbons (Fsp3) is 0.429. The van der Waals surface area contributed by atoms with Gasteiger partial charge in [0, 0.05) is 6.04 Å². The Morgan fingerprint density at radius 1 is 1.35 bits per heavy atom. The maximum absolute atomic E-state index is 12.8. The van der Waals surface area contributed by atoms with E-state index in [0.29, 0.717) is 23.8 Å². The van der Waals surface area contributed by atoms with Crippen LogP contribution in [0.5, 0.6) is 0 Å². The van der Waals surface area contributed by atoms with Gasteiger partial charge in [0.05, 0.1) is 18.7 Å². The zero-order valence-corrected chi connectivity index (χ0v) is 13.5. The number of nitrogens with two attached hydrogens (primary N) is 1. The molecule has 0 aliphatic rings. The molecular weight excluding hydrogens is 333 g/mol. The zero-order chi connectivity index (χ0) is 16.3. The Morgan fingerprint density at radius 3 is 2.61 bits per heavy atom. The minimum absolute atomic E-state index is 0. The molecule has 0 fully saturated rings. The third-order valence-electron chi connectivity index (χ3n) is 3.43. The minimum atomic E-state index is -4.35. The maximum atomic E-state index is 12.8. The van der Waals surface area contributed by atoms with Crippen LogP contribution in [0.25, 0.3) is 0 Å². The highest BCUT2D eigenvalue weighted by atomic mass is 35.5. The highest BCUT2D eigenvalue weighted by Gasteiger charge is 2.31. The Kier molecular flexibility index (Phi) is 6.55. The van der Waals surface area contributed by atoms with E-state index >= 15 is 0 Å². The molecule has 0 saturated carbocycles. The van der Waals surface area contributed by atoms with Gasteiger partial charge in [-0.25, -0.2) is 0 Å². The van der Waals surface area contributed by atoms with E-state index in [4.69, 9.17) is 10.3 Å². The van der Waals surface area contributed by atoms with Crippen LogP contribution in [0, 0.1) is 0 Å². The monoisotopic (exact) mass is 350 g/mol. The van der Waals surface area contributed by atoms with Gasteiger partial charge in [-0.1, -0.05) is 17.3 Å². The predicted octanol–water partition coefficient (Wildman–Crippen LogP) is 3.16. The minimum Gasteiger partial charge on any atom is -0.338 e. The number of benzene rings is 1. The van der Waals surface area contributed by atoms with Crippen molar-refractivity contribution in [1.29, 1.82) is 0 Å². The molecule has 0 spiro atoms. The Hall–Kier alpha value is -1.64. The van der Waals surface area contributed by atoms with Crippen LogP contribution in [0.2, 0.25) is 0 Å². The van der Waals surface area contributed by atoms with E-state index in [1.165, 1.54) is 6.07 Å². The van der Waals surface area contributed by atoms with Crippen molar-refractivity contribution in [3.63, 3.8) is 0 Å². The van der Waals surface area contributed by atoms with Gasteiger partial charge in [-0.2, -0.15) is 18.2 Å². The number of aromatic nitrogens is 2. The average Bonchev–Trinajstić information content (AvgIpc) is 2.93. The highest BCUT2D eigenvalue weighted by molar-refractivity contribution is 5.85. The Morgan fingerprint density at radius 2 is 2.04 bits per heavy atom. The smallest absolute Gasteiger partial charge is 0.338 e. The van der Waals surface area contributed by atoms with Crippen LogP contribution in [-0.4, -0.2) is 22.1 Å². The third kappa shape index (κ3) is 4.92. The molecule has 128 valence electrons. The van der Waals surface area contributed by atoms with Gasteiger partial charge >= 0.3 is 6.18 Å². The maximum Gasteiger partial charge on any atom is 0.416 e. The lowest BCUT2D eigenvalue weighted by atomic mass is 10.0. The van der Waals surface area contributed by atoms with E-state index in [1.807, 2.05) is 11.8 Å². The number of hydrogen-bond acceptors (Lipinski definition) is 5. The van der Waals surface area contributed by atoms with Gasteiger partial charge in [0.1, 0.15) is 0 Å². The van der Waals surface area contributed by atoms with Crippen LogP contribution in [0.1, 0.15) is 35.8 Å². The van der Waals surface area contributed by atoms with Gasteiger partial charge < -0.3 is 10.3 Å². The van der Waals surface area contributed by atoms with Crippen molar-refractivity contribution in [1.82, 2.24) is 15.0 Å². The van der Waals surface area contributed by atoms with E-state index in [2.05, 4.69) is 10.1 Å². The molecule has 1 heterocycles. The molecule has 1 unspecified atom stereocenters. The number of nitrogens with zero attached hydrogens (tertiary/aromatic N) is 3. The van der Waals surface area contributed by atoms with Crippen molar-refractivity contribution >= 4 is 12.4 Å². The van der Waals surface area contributed by atoms with Crippen molar-refractivity contribution in [2.75, 3.05) is 7.05 Å². The summed E-state index contributed by atoms with van der Waals surface area (Å²) in [5.74, 6) is 0.775. The molecule has 23 heavy (non-hydrogen) atoms. The third-order valence-corrected chi connectivity index (χ3v) is 3.43. The molecular formula is C14H18ClF3N4O. The Bertz CT molecular complexity index is 632. The second kappa shape index (κ2) is 7.76. The van der Waals surface area contributed by atoms with Gasteiger partial charge in [0.15, 0.2) is 5.82 Å². The fourth-order valence-electron chi connectivity index (χ4n) is 2.03. The van der Waals surface area contributed by atoms with Gasteiger partial charge in [-0.05, 0) is 31.7 Å². The summed E-state index contributed by atoms with van der Waals surface area (Å²) in [4.78, 5) is 5.91. The molecule has 2 N–H and O–H groups in total. The highest BCUT2D eigenvalue weighted by Crippen LogP contribution is 2.31. The van der Waals surface area contributed by atoms with Crippen LogP contribution in [0.15, 0.2) is 28.8 Å². The molecule has 0 aliphatic heterocycles. The number of alkyl halides is 3. The van der Waals surface area contributed by atoms with E-state index in [0.717, 1.165) is 12.1 Å². The summed E-state index contributed by atoms with van der Waals surface area (Å²) < 4.78 is 43.2. The van der Waals surface area contributed by atoms with E-state index < -0.39 is 11.7 Å². The molecule has 1 aromatic carbocycles. The zero-order valence-electron chi connectivity index (χ0n) is 12.7. The van der Waals surface area contributed by atoms with Crippen LogP contribution >= 0.6 is 12.4 Å². The molecule has 0 aliphatic carbocycles. The number of halogens is 4. The number of hydrogen-bond donors (Lipinski definition) is 1. The summed E-state index contributed by atoms with van der Waals surface area (Å²) in [5, 5.41) is 3.77. The largest absolute Gasteiger partial charge is 0.416 e. The molecule has 0 amide bonds. The van der Waals surface area contributed by atoms with Gasteiger partial charge in [0.25, 0.3) is 0 Å². The summed E-state index contributed by atoms with van der Waals surface area (Å²) in [6.45, 7) is 2.32. The predicted molar refractivity (Wildman–Crippen MR) is 80.8 cm³/mol. The topological polar surface area (TPSA) is 68.2 Å². The summed E-state index contributed by atoms with van der Waals surface area (Å²) >= 11 is 0. The van der Waals surface area contributed by atoms with Gasteiger partial charge in [-0.15, -0.1) is 12.4 Å². The summed E-state index contributed by atoms with van der Waals surface area (Å²) in [6.07, 6.45) is -4.35. The van der Waals surface area contributed by atoms with Crippen molar-refractivity contribution < 1.29 is 17.7 Å². The first-order valence-electron chi connectivity index (χ1n) is 6.70. The van der Waals surface area contributed by atoms with Crippen LogP contribution in [0.4, 0.5) is 13.2 Å². The molecule has 0 radical (unpaired) electrons. The normalized spacial score (nSPS) is 13.0. The van der Waals surface area contributed by atoms with Gasteiger partial charge in [-0.3, -0.25) is 4.90 Å². The first-order valence-corrected chi connectivity index (χ1v) is 6.70. The second-order valence-corrected chi connectivity index (χ2v) is 5.02. The van der Waals surface area contributed by atoms with Crippen molar-refractivity contribution in [3.8, 4) is 0 Å². The lowest BCUT2D eigenvalue weighted by molar-refractivity contribution is -0.137. The summed E-state index contributed by atoms with van der Waals surface area (Å²) in [5.41, 5.74) is 5.30. The summed E-state index contributed by atoms with van der Waals surface area (Å²) in [7, 11) is 1.78. The Balaban J connectivity index is 0.00000264. The van der Waals surface area contributed by atoms with Crippen LogP contribution in [0.3, 0.4) is 0 Å². The quantitative estimate of drug-likeness (QED) is 0.897. The van der Waals surface area contributed by atoms with Gasteiger partial charge in [0.2, 0.25) is 5.89 Å². The lowest BCUT2D eigenvalue weighted by Crippen LogP contribution is -2.23. The molecule has 0 saturated heterocycles. The molecule has 0 bridgehead atoms. The number of rotatable bonds is 5. The fourth-order valence-corrected chi connectivity index (χ4v) is 2.03. The Labute approximate surface area is 138 Å². The van der Waals surface area contributed by atoms with Crippen molar-refractivity contribution in [3.05, 3.63) is 47.1 Å². The molecule has 2 aromatic rings. The first-order chi connectivity index (χ1) is 10.3. The summed E-state index contributed by atoms with van der Waals surface area (Å²) in [6, 6.07) is 5.05. The van der Waals surface area contributed by atoms with Crippen LogP contribution < -0.4 is 5.73 Å². The molecule has 5 nitrogen and oxygen atoms in total.